The number of carbonyl (C=O) groups is 2. The van der Waals surface area contributed by atoms with Gasteiger partial charge in [0.25, 0.3) is 5.91 Å². The van der Waals surface area contributed by atoms with Crippen molar-refractivity contribution in [3.63, 3.8) is 0 Å². The van der Waals surface area contributed by atoms with Gasteiger partial charge >= 0.3 is 5.97 Å². The van der Waals surface area contributed by atoms with Crippen LogP contribution in [0, 0.1) is 0 Å². The lowest BCUT2D eigenvalue weighted by Crippen LogP contribution is -2.18. The largest absolute Gasteiger partial charge is 0.462 e. The van der Waals surface area contributed by atoms with Gasteiger partial charge in [0.05, 0.1) is 17.9 Å². The Morgan fingerprint density at radius 3 is 2.45 bits per heavy atom. The molecule has 0 radical (unpaired) electrons. The van der Waals surface area contributed by atoms with Gasteiger partial charge in [0.15, 0.2) is 0 Å². The molecule has 0 saturated heterocycles. The molecule has 8 nitrogen and oxygen atoms in total. The van der Waals surface area contributed by atoms with Gasteiger partial charge in [-0.1, -0.05) is 23.7 Å². The molecule has 4 rings (SSSR count). The van der Waals surface area contributed by atoms with Crippen LogP contribution < -0.4 is 5.32 Å². The molecule has 0 bridgehead atoms. The molecule has 0 unspecified atom stereocenters. The quantitative estimate of drug-likeness (QED) is 0.586. The third kappa shape index (κ3) is 4.06. The Labute approximate surface area is 183 Å². The second-order valence-corrected chi connectivity index (χ2v) is 9.26. The summed E-state index contributed by atoms with van der Waals surface area (Å²) in [4.78, 5) is 29.2. The number of amides is 1. The molecule has 2 aromatic carbocycles. The predicted molar refractivity (Wildman–Crippen MR) is 115 cm³/mol. The maximum absolute atomic E-state index is 13.1. The number of sulfone groups is 1. The summed E-state index contributed by atoms with van der Waals surface area (Å²) in [5.74, 6) is -1.07. The van der Waals surface area contributed by atoms with Gasteiger partial charge in [-0.2, -0.15) is 0 Å². The van der Waals surface area contributed by atoms with Crippen LogP contribution in [-0.2, 0) is 21.1 Å². The van der Waals surface area contributed by atoms with E-state index in [1.807, 2.05) is 0 Å². The fourth-order valence-electron chi connectivity index (χ4n) is 3.31. The third-order valence-corrected chi connectivity index (χ3v) is 6.62. The zero-order valence-electron chi connectivity index (χ0n) is 16.5. The van der Waals surface area contributed by atoms with Crippen LogP contribution in [0.5, 0.6) is 0 Å². The summed E-state index contributed by atoms with van der Waals surface area (Å²) in [5, 5.41) is 3.13. The highest BCUT2D eigenvalue weighted by atomic mass is 35.5. The van der Waals surface area contributed by atoms with Crippen LogP contribution in [0.25, 0.3) is 11.3 Å². The molecule has 0 spiro atoms. The summed E-state index contributed by atoms with van der Waals surface area (Å²) in [6.07, 6.45) is 0. The minimum Gasteiger partial charge on any atom is -0.462 e. The second kappa shape index (κ2) is 8.16. The summed E-state index contributed by atoms with van der Waals surface area (Å²) in [7, 11) is -3.56. The van der Waals surface area contributed by atoms with E-state index in [2.05, 4.69) is 10.3 Å². The first-order valence-corrected chi connectivity index (χ1v) is 11.5. The number of esters is 1. The number of benzene rings is 2. The van der Waals surface area contributed by atoms with Crippen LogP contribution in [0.3, 0.4) is 0 Å². The van der Waals surface area contributed by atoms with E-state index in [0.717, 1.165) is 0 Å². The van der Waals surface area contributed by atoms with E-state index in [-0.39, 0.29) is 35.4 Å². The van der Waals surface area contributed by atoms with E-state index in [1.165, 1.54) is 4.57 Å². The standard InChI is InChI=1S/C21H18ClN3O5S/c1-2-30-20(27)14-5-9-16(10-6-14)23-19(26)18-17(13-3-7-15(22)8-4-13)24-21-25(18)11-12-31(21,28)29/h3-10H,2,11-12H2,1H3,(H,23,26). The zero-order chi connectivity index (χ0) is 22.2. The van der Waals surface area contributed by atoms with Gasteiger partial charge in [0.2, 0.25) is 15.0 Å². The molecule has 1 aliphatic rings. The lowest BCUT2D eigenvalue weighted by Gasteiger charge is -2.10. The number of carbonyl (C=O) groups excluding carboxylic acids is 2. The number of aromatic nitrogens is 2. The highest BCUT2D eigenvalue weighted by Gasteiger charge is 2.35. The first-order valence-electron chi connectivity index (χ1n) is 9.48. The fraction of sp³-hybridized carbons (Fsp3) is 0.190. The van der Waals surface area contributed by atoms with Crippen LogP contribution >= 0.6 is 11.6 Å². The number of hydrogen-bond donors (Lipinski definition) is 1. The Hall–Kier alpha value is -3.17. The monoisotopic (exact) mass is 459 g/mol. The number of halogens is 1. The second-order valence-electron chi connectivity index (χ2n) is 6.82. The Morgan fingerprint density at radius 1 is 1.13 bits per heavy atom. The Morgan fingerprint density at radius 2 is 1.81 bits per heavy atom. The molecule has 10 heteroatoms. The lowest BCUT2D eigenvalue weighted by atomic mass is 10.1. The molecule has 0 saturated carbocycles. The molecule has 31 heavy (non-hydrogen) atoms. The number of anilines is 1. The van der Waals surface area contributed by atoms with Gasteiger partial charge in [0, 0.05) is 22.8 Å². The molecule has 1 amide bonds. The van der Waals surface area contributed by atoms with Crippen LogP contribution in [0.2, 0.25) is 5.02 Å². The van der Waals surface area contributed by atoms with E-state index in [9.17, 15) is 18.0 Å². The van der Waals surface area contributed by atoms with Crippen molar-refractivity contribution in [2.24, 2.45) is 0 Å². The summed E-state index contributed by atoms with van der Waals surface area (Å²) >= 11 is 5.95. The van der Waals surface area contributed by atoms with E-state index < -0.39 is 21.7 Å². The van der Waals surface area contributed by atoms with Crippen molar-refractivity contribution in [1.29, 1.82) is 0 Å². The molecule has 1 N–H and O–H groups in total. The Balaban J connectivity index is 1.69. The molecular weight excluding hydrogens is 442 g/mol. The van der Waals surface area contributed by atoms with Gasteiger partial charge in [-0.3, -0.25) is 4.79 Å². The van der Waals surface area contributed by atoms with Crippen molar-refractivity contribution in [3.8, 4) is 11.3 Å². The van der Waals surface area contributed by atoms with Crippen molar-refractivity contribution in [2.75, 3.05) is 17.7 Å². The van der Waals surface area contributed by atoms with E-state index in [0.29, 0.717) is 21.8 Å². The van der Waals surface area contributed by atoms with Crippen molar-refractivity contribution in [3.05, 3.63) is 64.8 Å². The number of ether oxygens (including phenoxy) is 1. The minimum absolute atomic E-state index is 0.106. The fourth-order valence-corrected chi connectivity index (χ4v) is 4.79. The summed E-state index contributed by atoms with van der Waals surface area (Å²) in [6, 6.07) is 12.9. The van der Waals surface area contributed by atoms with Crippen LogP contribution in [0.4, 0.5) is 5.69 Å². The molecular formula is C21H18ClN3O5S. The average Bonchev–Trinajstić information content (AvgIpc) is 3.27. The van der Waals surface area contributed by atoms with Gasteiger partial charge in [-0.25, -0.2) is 18.2 Å². The van der Waals surface area contributed by atoms with E-state index in [1.54, 1.807) is 55.5 Å². The molecule has 2 heterocycles. The first kappa shape index (κ1) is 21.1. The van der Waals surface area contributed by atoms with E-state index in [4.69, 9.17) is 16.3 Å². The molecule has 0 fully saturated rings. The van der Waals surface area contributed by atoms with Crippen molar-refractivity contribution < 1.29 is 22.7 Å². The molecule has 1 aromatic heterocycles. The van der Waals surface area contributed by atoms with Crippen molar-refractivity contribution in [1.82, 2.24) is 9.55 Å². The zero-order valence-corrected chi connectivity index (χ0v) is 18.0. The van der Waals surface area contributed by atoms with E-state index >= 15 is 0 Å². The van der Waals surface area contributed by atoms with Gasteiger partial charge < -0.3 is 14.6 Å². The number of fused-ring (bicyclic) bond motifs is 1. The summed E-state index contributed by atoms with van der Waals surface area (Å²) in [5.41, 5.74) is 1.78. The molecule has 0 atom stereocenters. The number of imidazole rings is 1. The Kier molecular flexibility index (Phi) is 5.55. The minimum atomic E-state index is -3.56. The predicted octanol–water partition coefficient (Wildman–Crippen LogP) is 3.42. The topological polar surface area (TPSA) is 107 Å². The van der Waals surface area contributed by atoms with Gasteiger partial charge in [-0.05, 0) is 43.3 Å². The van der Waals surface area contributed by atoms with Crippen LogP contribution in [0.1, 0.15) is 27.8 Å². The van der Waals surface area contributed by atoms with Crippen molar-refractivity contribution >= 4 is 39.0 Å². The van der Waals surface area contributed by atoms with Gasteiger partial charge in [-0.15, -0.1) is 0 Å². The number of nitrogens with one attached hydrogen (secondary N) is 1. The molecule has 0 aliphatic carbocycles. The SMILES string of the molecule is CCOC(=O)c1ccc(NC(=O)c2c(-c3ccc(Cl)cc3)nc3n2CCS3(=O)=O)cc1. The van der Waals surface area contributed by atoms with Gasteiger partial charge in [0.1, 0.15) is 11.4 Å². The van der Waals surface area contributed by atoms with Crippen LogP contribution in [0.15, 0.2) is 53.7 Å². The average molecular weight is 460 g/mol. The smallest absolute Gasteiger partial charge is 0.338 e. The third-order valence-electron chi connectivity index (χ3n) is 4.78. The normalized spacial score (nSPS) is 14.1. The number of hydrogen-bond acceptors (Lipinski definition) is 6. The maximum atomic E-state index is 13.1. The summed E-state index contributed by atoms with van der Waals surface area (Å²) in [6.45, 7) is 2.12. The lowest BCUT2D eigenvalue weighted by molar-refractivity contribution is 0.0526. The number of nitrogens with zero attached hydrogens (tertiary/aromatic N) is 2. The highest BCUT2D eigenvalue weighted by molar-refractivity contribution is 7.91. The number of rotatable bonds is 5. The van der Waals surface area contributed by atoms with Crippen molar-refractivity contribution in [2.45, 2.75) is 18.6 Å². The highest BCUT2D eigenvalue weighted by Crippen LogP contribution is 2.31. The van der Waals surface area contributed by atoms with Crippen LogP contribution in [-0.4, -0.2) is 42.2 Å². The Bertz CT molecular complexity index is 1270. The first-order chi connectivity index (χ1) is 14.8. The molecule has 1 aliphatic heterocycles. The molecule has 160 valence electrons. The maximum Gasteiger partial charge on any atom is 0.338 e. The summed E-state index contributed by atoms with van der Waals surface area (Å²) < 4.78 is 31.1. The molecule has 3 aromatic rings.